The number of hydrogen-bond acceptors (Lipinski definition) is 4. The zero-order valence-electron chi connectivity index (χ0n) is 25.2. The smallest absolute Gasteiger partial charge is 0.264 e. The fourth-order valence-corrected chi connectivity index (χ4v) is 6.57. The standard InChI is InChI=1S/C35H38BrN3O4S/c1-4-27(3)37-35(41)33(22-28-12-7-5-8-13-28)38(24-29-14-9-6-10-15-29)34(40)25-39(31-17-11-16-30(36)23-31)44(42,43)32-20-18-26(2)19-21-32/h5-21,23,27,33H,4,22,24-25H2,1-3H3,(H,37,41)/t27-,33+/m0/s1. The van der Waals surface area contributed by atoms with Crippen LogP contribution in [0.1, 0.15) is 37.0 Å². The van der Waals surface area contributed by atoms with Crippen LogP contribution in [0.15, 0.2) is 119 Å². The van der Waals surface area contributed by atoms with E-state index in [2.05, 4.69) is 21.2 Å². The Hall–Kier alpha value is -3.95. The van der Waals surface area contributed by atoms with Gasteiger partial charge in [0.25, 0.3) is 10.0 Å². The normalized spacial score (nSPS) is 12.6. The number of carbonyl (C=O) groups excluding carboxylic acids is 2. The number of amides is 2. The molecule has 0 heterocycles. The van der Waals surface area contributed by atoms with Crippen LogP contribution in [0.5, 0.6) is 0 Å². The van der Waals surface area contributed by atoms with Gasteiger partial charge in [0.2, 0.25) is 11.8 Å². The van der Waals surface area contributed by atoms with E-state index in [1.165, 1.54) is 4.90 Å². The predicted molar refractivity (Wildman–Crippen MR) is 179 cm³/mol. The van der Waals surface area contributed by atoms with E-state index < -0.39 is 28.5 Å². The minimum atomic E-state index is -4.15. The molecule has 9 heteroatoms. The van der Waals surface area contributed by atoms with Crippen LogP contribution in [0.3, 0.4) is 0 Å². The van der Waals surface area contributed by atoms with E-state index in [1.54, 1.807) is 48.5 Å². The summed E-state index contributed by atoms with van der Waals surface area (Å²) in [4.78, 5) is 29.9. The highest BCUT2D eigenvalue weighted by Crippen LogP contribution is 2.27. The van der Waals surface area contributed by atoms with Crippen molar-refractivity contribution in [2.75, 3.05) is 10.8 Å². The van der Waals surface area contributed by atoms with Gasteiger partial charge in [-0.1, -0.05) is 107 Å². The number of sulfonamides is 1. The van der Waals surface area contributed by atoms with Gasteiger partial charge in [-0.25, -0.2) is 8.42 Å². The number of benzene rings is 4. The number of hydrogen-bond donors (Lipinski definition) is 1. The van der Waals surface area contributed by atoms with E-state index in [9.17, 15) is 18.0 Å². The number of anilines is 1. The molecule has 0 radical (unpaired) electrons. The Kier molecular flexibility index (Phi) is 11.4. The third-order valence-corrected chi connectivity index (χ3v) is 9.73. The van der Waals surface area contributed by atoms with Crippen molar-refractivity contribution < 1.29 is 18.0 Å². The Morgan fingerprint density at radius 3 is 2.05 bits per heavy atom. The summed E-state index contributed by atoms with van der Waals surface area (Å²) in [5.41, 5.74) is 2.96. The number of nitrogens with one attached hydrogen (secondary N) is 1. The van der Waals surface area contributed by atoms with Crippen molar-refractivity contribution in [3.8, 4) is 0 Å². The molecule has 0 bridgehead atoms. The molecule has 0 unspecified atom stereocenters. The predicted octanol–water partition coefficient (Wildman–Crippen LogP) is 6.51. The van der Waals surface area contributed by atoms with Gasteiger partial charge in [0.15, 0.2) is 0 Å². The van der Waals surface area contributed by atoms with Gasteiger partial charge in [0, 0.05) is 23.5 Å². The molecule has 1 N–H and O–H groups in total. The Morgan fingerprint density at radius 2 is 1.45 bits per heavy atom. The van der Waals surface area contributed by atoms with Gasteiger partial charge in [-0.3, -0.25) is 13.9 Å². The second kappa shape index (κ2) is 15.2. The quantitative estimate of drug-likeness (QED) is 0.175. The molecular formula is C35H38BrN3O4S. The summed E-state index contributed by atoms with van der Waals surface area (Å²) in [5, 5.41) is 3.05. The molecule has 2 amide bonds. The maximum absolute atomic E-state index is 14.5. The van der Waals surface area contributed by atoms with Crippen LogP contribution >= 0.6 is 15.9 Å². The van der Waals surface area contributed by atoms with E-state index in [4.69, 9.17) is 0 Å². The first-order valence-corrected chi connectivity index (χ1v) is 16.8. The number of carbonyl (C=O) groups is 2. The molecule has 0 aliphatic carbocycles. The summed E-state index contributed by atoms with van der Waals surface area (Å²) in [6, 6.07) is 31.3. The van der Waals surface area contributed by atoms with Gasteiger partial charge in [-0.15, -0.1) is 0 Å². The summed E-state index contributed by atoms with van der Waals surface area (Å²) in [7, 11) is -4.15. The highest BCUT2D eigenvalue weighted by atomic mass is 79.9. The van der Waals surface area contributed by atoms with Crippen LogP contribution in [0.4, 0.5) is 5.69 Å². The lowest BCUT2D eigenvalue weighted by molar-refractivity contribution is -0.140. The van der Waals surface area contributed by atoms with Crippen molar-refractivity contribution in [1.29, 1.82) is 0 Å². The van der Waals surface area contributed by atoms with Crippen LogP contribution < -0.4 is 9.62 Å². The lowest BCUT2D eigenvalue weighted by Crippen LogP contribution is -2.54. The number of rotatable bonds is 13. The maximum atomic E-state index is 14.5. The lowest BCUT2D eigenvalue weighted by atomic mass is 10.0. The Balaban J connectivity index is 1.79. The lowest BCUT2D eigenvalue weighted by Gasteiger charge is -2.34. The number of halogens is 1. The van der Waals surface area contributed by atoms with E-state index in [1.807, 2.05) is 81.4 Å². The molecule has 0 saturated carbocycles. The SMILES string of the molecule is CC[C@H](C)NC(=O)[C@@H](Cc1ccccc1)N(Cc1ccccc1)C(=O)CN(c1cccc(Br)c1)S(=O)(=O)c1ccc(C)cc1. The van der Waals surface area contributed by atoms with Crippen LogP contribution in [-0.2, 0) is 32.6 Å². The van der Waals surface area contributed by atoms with Gasteiger partial charge >= 0.3 is 0 Å². The molecule has 4 aromatic rings. The van der Waals surface area contributed by atoms with Crippen LogP contribution in [0, 0.1) is 6.92 Å². The monoisotopic (exact) mass is 675 g/mol. The number of aryl methyl sites for hydroxylation is 1. The summed E-state index contributed by atoms with van der Waals surface area (Å²) < 4.78 is 30.0. The molecule has 0 aliphatic heterocycles. The summed E-state index contributed by atoms with van der Waals surface area (Å²) in [5.74, 6) is -0.785. The molecule has 0 spiro atoms. The second-order valence-electron chi connectivity index (χ2n) is 10.8. The van der Waals surface area contributed by atoms with Gasteiger partial charge in [0.05, 0.1) is 10.6 Å². The van der Waals surface area contributed by atoms with E-state index in [0.29, 0.717) is 10.2 Å². The molecule has 0 fully saturated rings. The van der Waals surface area contributed by atoms with Gasteiger partial charge in [-0.05, 0) is 61.7 Å². The summed E-state index contributed by atoms with van der Waals surface area (Å²) in [6.45, 7) is 5.41. The average Bonchev–Trinajstić information content (AvgIpc) is 3.02. The molecule has 7 nitrogen and oxygen atoms in total. The molecule has 4 rings (SSSR count). The zero-order valence-corrected chi connectivity index (χ0v) is 27.6. The third kappa shape index (κ3) is 8.57. The van der Waals surface area contributed by atoms with Crippen LogP contribution in [-0.4, -0.2) is 43.8 Å². The van der Waals surface area contributed by atoms with Crippen molar-refractivity contribution in [3.63, 3.8) is 0 Å². The van der Waals surface area contributed by atoms with Gasteiger partial charge in [-0.2, -0.15) is 0 Å². The van der Waals surface area contributed by atoms with Gasteiger partial charge < -0.3 is 10.2 Å². The van der Waals surface area contributed by atoms with Crippen molar-refractivity contribution in [1.82, 2.24) is 10.2 Å². The highest BCUT2D eigenvalue weighted by Gasteiger charge is 2.35. The molecule has 0 aliphatic rings. The Bertz CT molecular complexity index is 1650. The Labute approximate surface area is 269 Å². The first kappa shape index (κ1) is 33.0. The molecule has 0 aromatic heterocycles. The average molecular weight is 677 g/mol. The summed E-state index contributed by atoms with van der Waals surface area (Å²) in [6.07, 6.45) is 0.991. The van der Waals surface area contributed by atoms with E-state index in [-0.39, 0.29) is 29.8 Å². The maximum Gasteiger partial charge on any atom is 0.264 e. The largest absolute Gasteiger partial charge is 0.352 e. The molecule has 2 atom stereocenters. The third-order valence-electron chi connectivity index (χ3n) is 7.45. The second-order valence-corrected chi connectivity index (χ2v) is 13.6. The molecular weight excluding hydrogens is 638 g/mol. The molecule has 0 saturated heterocycles. The first-order chi connectivity index (χ1) is 21.1. The van der Waals surface area contributed by atoms with Crippen LogP contribution in [0.25, 0.3) is 0 Å². The molecule has 4 aromatic carbocycles. The molecule has 230 valence electrons. The van der Waals surface area contributed by atoms with E-state index >= 15 is 0 Å². The topological polar surface area (TPSA) is 86.8 Å². The van der Waals surface area contributed by atoms with Crippen molar-refractivity contribution in [2.24, 2.45) is 0 Å². The molecule has 44 heavy (non-hydrogen) atoms. The van der Waals surface area contributed by atoms with Gasteiger partial charge in [0.1, 0.15) is 12.6 Å². The zero-order chi connectivity index (χ0) is 31.7. The fourth-order valence-electron chi connectivity index (χ4n) is 4.77. The van der Waals surface area contributed by atoms with Crippen molar-refractivity contribution >= 4 is 43.5 Å². The Morgan fingerprint density at radius 1 is 0.841 bits per heavy atom. The number of nitrogens with zero attached hydrogens (tertiary/aromatic N) is 2. The minimum Gasteiger partial charge on any atom is -0.352 e. The fraction of sp³-hybridized carbons (Fsp3) is 0.257. The van der Waals surface area contributed by atoms with Crippen LogP contribution in [0.2, 0.25) is 0 Å². The minimum absolute atomic E-state index is 0.0702. The highest BCUT2D eigenvalue weighted by molar-refractivity contribution is 9.10. The van der Waals surface area contributed by atoms with Crippen molar-refractivity contribution in [2.45, 2.75) is 57.1 Å². The van der Waals surface area contributed by atoms with E-state index in [0.717, 1.165) is 27.4 Å². The first-order valence-electron chi connectivity index (χ1n) is 14.6. The summed E-state index contributed by atoms with van der Waals surface area (Å²) >= 11 is 3.44. The van der Waals surface area contributed by atoms with Crippen molar-refractivity contribution in [3.05, 3.63) is 130 Å².